The Morgan fingerprint density at radius 1 is 1.35 bits per heavy atom. The van der Waals surface area contributed by atoms with Crippen molar-refractivity contribution >= 4 is 16.8 Å². The molecule has 1 amide bonds. The minimum absolute atomic E-state index is 0.174. The van der Waals surface area contributed by atoms with E-state index in [4.69, 9.17) is 9.15 Å². The highest BCUT2D eigenvalue weighted by molar-refractivity contribution is 6.04. The van der Waals surface area contributed by atoms with Crippen LogP contribution in [0, 0.1) is 6.92 Å². The number of para-hydroxylation sites is 1. The van der Waals surface area contributed by atoms with E-state index in [1.165, 1.54) is 0 Å². The molecule has 23 heavy (non-hydrogen) atoms. The Bertz CT molecular complexity index is 856. The van der Waals surface area contributed by atoms with E-state index in [2.05, 4.69) is 20.4 Å². The molecule has 0 spiro atoms. The summed E-state index contributed by atoms with van der Waals surface area (Å²) >= 11 is 0. The van der Waals surface area contributed by atoms with Gasteiger partial charge in [0.25, 0.3) is 5.91 Å². The predicted octanol–water partition coefficient (Wildman–Crippen LogP) is 1.47. The second-order valence-electron chi connectivity index (χ2n) is 5.37. The van der Waals surface area contributed by atoms with E-state index in [0.717, 1.165) is 10.9 Å². The van der Waals surface area contributed by atoms with E-state index in [1.54, 1.807) is 11.8 Å². The molecule has 8 heteroatoms. The number of rotatable bonds is 2. The number of ether oxygens (including phenoxy) is 1. The smallest absolute Gasteiger partial charge is 0.275 e. The Labute approximate surface area is 131 Å². The van der Waals surface area contributed by atoms with Crippen molar-refractivity contribution in [2.75, 3.05) is 19.8 Å². The van der Waals surface area contributed by atoms with Crippen LogP contribution in [0.1, 0.15) is 28.3 Å². The fourth-order valence-electron chi connectivity index (χ4n) is 2.76. The zero-order valence-electron chi connectivity index (χ0n) is 12.5. The molecule has 3 heterocycles. The summed E-state index contributed by atoms with van der Waals surface area (Å²) in [6.07, 6.45) is 0. The third-order valence-electron chi connectivity index (χ3n) is 3.89. The van der Waals surface area contributed by atoms with E-state index >= 15 is 0 Å². The molecule has 1 fully saturated rings. The number of aromatic amines is 1. The van der Waals surface area contributed by atoms with Gasteiger partial charge >= 0.3 is 0 Å². The molecule has 0 radical (unpaired) electrons. The summed E-state index contributed by atoms with van der Waals surface area (Å²) in [5, 5.41) is 15.7. The number of carbonyl (C=O) groups excluding carboxylic acids is 1. The van der Waals surface area contributed by atoms with Gasteiger partial charge in [0, 0.05) is 18.9 Å². The third kappa shape index (κ3) is 2.36. The molecule has 8 nitrogen and oxygen atoms in total. The molecule has 1 unspecified atom stereocenters. The van der Waals surface area contributed by atoms with Crippen molar-refractivity contribution in [1.29, 1.82) is 0 Å². The Morgan fingerprint density at radius 3 is 3.04 bits per heavy atom. The molecule has 1 atom stereocenters. The Balaban J connectivity index is 1.70. The monoisotopic (exact) mass is 313 g/mol. The van der Waals surface area contributed by atoms with Gasteiger partial charge in [-0.2, -0.15) is 5.10 Å². The maximum Gasteiger partial charge on any atom is 0.275 e. The quantitative estimate of drug-likeness (QED) is 0.769. The Morgan fingerprint density at radius 2 is 2.22 bits per heavy atom. The molecule has 0 aliphatic carbocycles. The molecule has 1 aromatic carbocycles. The first-order chi connectivity index (χ1) is 11.2. The number of amides is 1. The van der Waals surface area contributed by atoms with Crippen LogP contribution in [0.3, 0.4) is 0 Å². The van der Waals surface area contributed by atoms with Gasteiger partial charge in [0.2, 0.25) is 11.8 Å². The van der Waals surface area contributed by atoms with Crippen LogP contribution >= 0.6 is 0 Å². The number of fused-ring (bicyclic) bond motifs is 1. The van der Waals surface area contributed by atoms with Gasteiger partial charge in [0.05, 0.1) is 18.7 Å². The lowest BCUT2D eigenvalue weighted by atomic mass is 10.1. The largest absolute Gasteiger partial charge is 0.423 e. The molecule has 4 rings (SSSR count). The molecule has 1 N–H and O–H groups in total. The molecular formula is C15H15N5O3. The standard InChI is InChI=1S/C15H15N5O3/c1-9-16-19-14(23-9)12-8-22-7-6-20(12)15(21)13-10-4-2-3-5-11(10)17-18-13/h2-5,12H,6-8H2,1H3,(H,17,18). The summed E-state index contributed by atoms with van der Waals surface area (Å²) < 4.78 is 11.0. The third-order valence-corrected chi connectivity index (χ3v) is 3.89. The van der Waals surface area contributed by atoms with Gasteiger partial charge in [0.15, 0.2) is 5.69 Å². The maximum absolute atomic E-state index is 13.0. The van der Waals surface area contributed by atoms with Gasteiger partial charge in [0.1, 0.15) is 6.04 Å². The minimum atomic E-state index is -0.395. The van der Waals surface area contributed by atoms with Gasteiger partial charge < -0.3 is 14.1 Å². The van der Waals surface area contributed by atoms with E-state index in [0.29, 0.717) is 37.2 Å². The Hall–Kier alpha value is -2.74. The summed E-state index contributed by atoms with van der Waals surface area (Å²) in [4.78, 5) is 14.6. The highest BCUT2D eigenvalue weighted by Gasteiger charge is 2.34. The number of hydrogen-bond acceptors (Lipinski definition) is 6. The number of hydrogen-bond donors (Lipinski definition) is 1. The number of carbonyl (C=O) groups is 1. The minimum Gasteiger partial charge on any atom is -0.423 e. The molecule has 2 aromatic heterocycles. The van der Waals surface area contributed by atoms with Crippen LogP contribution in [0.25, 0.3) is 10.9 Å². The van der Waals surface area contributed by atoms with Crippen LogP contribution in [-0.2, 0) is 4.74 Å². The SMILES string of the molecule is Cc1nnc(C2COCCN2C(=O)c2n[nH]c3ccccc23)o1. The fourth-order valence-corrected chi connectivity index (χ4v) is 2.76. The number of morpholine rings is 1. The predicted molar refractivity (Wildman–Crippen MR) is 79.7 cm³/mol. The molecule has 0 bridgehead atoms. The van der Waals surface area contributed by atoms with Gasteiger partial charge in [-0.3, -0.25) is 9.89 Å². The number of aryl methyl sites for hydroxylation is 1. The fraction of sp³-hybridized carbons (Fsp3) is 0.333. The second-order valence-corrected chi connectivity index (χ2v) is 5.37. The van der Waals surface area contributed by atoms with Crippen LogP contribution < -0.4 is 0 Å². The first-order valence-electron chi connectivity index (χ1n) is 7.36. The lowest BCUT2D eigenvalue weighted by molar-refractivity contribution is -0.0108. The van der Waals surface area contributed by atoms with Crippen molar-refractivity contribution < 1.29 is 13.9 Å². The molecule has 1 aliphatic rings. The summed E-state index contributed by atoms with van der Waals surface area (Å²) in [7, 11) is 0. The lowest BCUT2D eigenvalue weighted by Gasteiger charge is -2.32. The zero-order chi connectivity index (χ0) is 15.8. The molecule has 3 aromatic rings. The van der Waals surface area contributed by atoms with Crippen LogP contribution in [0.5, 0.6) is 0 Å². The van der Waals surface area contributed by atoms with E-state index < -0.39 is 6.04 Å². The van der Waals surface area contributed by atoms with Gasteiger partial charge in [-0.05, 0) is 6.07 Å². The second kappa shape index (κ2) is 5.47. The normalized spacial score (nSPS) is 18.5. The van der Waals surface area contributed by atoms with Crippen molar-refractivity contribution in [3.63, 3.8) is 0 Å². The maximum atomic E-state index is 13.0. The van der Waals surface area contributed by atoms with Crippen LogP contribution in [0.15, 0.2) is 28.7 Å². The van der Waals surface area contributed by atoms with Crippen molar-refractivity contribution in [3.05, 3.63) is 41.7 Å². The first-order valence-corrected chi connectivity index (χ1v) is 7.36. The summed E-state index contributed by atoms with van der Waals surface area (Å²) in [6, 6.07) is 7.14. The Kier molecular flexibility index (Phi) is 3.30. The van der Waals surface area contributed by atoms with Crippen molar-refractivity contribution in [2.45, 2.75) is 13.0 Å². The summed E-state index contributed by atoms with van der Waals surface area (Å²) in [6.45, 7) is 2.97. The van der Waals surface area contributed by atoms with Crippen LogP contribution in [0.4, 0.5) is 0 Å². The van der Waals surface area contributed by atoms with Gasteiger partial charge in [-0.25, -0.2) is 0 Å². The molecule has 118 valence electrons. The van der Waals surface area contributed by atoms with Crippen LogP contribution in [-0.4, -0.2) is 51.0 Å². The highest BCUT2D eigenvalue weighted by atomic mass is 16.5. The molecular weight excluding hydrogens is 298 g/mol. The highest BCUT2D eigenvalue weighted by Crippen LogP contribution is 2.26. The number of H-pyrrole nitrogens is 1. The topological polar surface area (TPSA) is 97.1 Å². The zero-order valence-corrected chi connectivity index (χ0v) is 12.5. The average Bonchev–Trinajstić information content (AvgIpc) is 3.20. The average molecular weight is 313 g/mol. The first kappa shape index (κ1) is 13.9. The van der Waals surface area contributed by atoms with Crippen molar-refractivity contribution in [1.82, 2.24) is 25.3 Å². The summed E-state index contributed by atoms with van der Waals surface area (Å²) in [5.41, 5.74) is 1.22. The molecule has 1 aliphatic heterocycles. The van der Waals surface area contributed by atoms with Crippen molar-refractivity contribution in [2.24, 2.45) is 0 Å². The van der Waals surface area contributed by atoms with Gasteiger partial charge in [-0.1, -0.05) is 18.2 Å². The van der Waals surface area contributed by atoms with Crippen molar-refractivity contribution in [3.8, 4) is 0 Å². The lowest BCUT2D eigenvalue weighted by Crippen LogP contribution is -2.43. The van der Waals surface area contributed by atoms with E-state index in [-0.39, 0.29) is 5.91 Å². The van der Waals surface area contributed by atoms with Crippen LogP contribution in [0.2, 0.25) is 0 Å². The molecule has 0 saturated carbocycles. The number of nitrogens with one attached hydrogen (secondary N) is 1. The number of nitrogens with zero attached hydrogens (tertiary/aromatic N) is 4. The number of aromatic nitrogens is 4. The van der Waals surface area contributed by atoms with E-state index in [9.17, 15) is 4.79 Å². The number of benzene rings is 1. The molecule has 1 saturated heterocycles. The van der Waals surface area contributed by atoms with E-state index in [1.807, 2.05) is 24.3 Å². The van der Waals surface area contributed by atoms with Gasteiger partial charge in [-0.15, -0.1) is 10.2 Å². The summed E-state index contributed by atoms with van der Waals surface area (Å²) in [5.74, 6) is 0.671.